The van der Waals surface area contributed by atoms with Crippen molar-refractivity contribution in [1.29, 1.82) is 0 Å². The number of phenolic OH excluding ortho intramolecular Hbond substituents is 1. The lowest BCUT2D eigenvalue weighted by molar-refractivity contribution is 0.482. The second-order valence-electron chi connectivity index (χ2n) is 4.32. The van der Waals surface area contributed by atoms with Gasteiger partial charge in [0.15, 0.2) is 0 Å². The van der Waals surface area contributed by atoms with E-state index in [0.717, 1.165) is 23.0 Å². The molecule has 1 aliphatic rings. The van der Waals surface area contributed by atoms with Crippen LogP contribution in [0, 0.1) is 0 Å². The van der Waals surface area contributed by atoms with Crippen molar-refractivity contribution in [2.75, 3.05) is 11.0 Å². The molecule has 0 unspecified atom stereocenters. The molecule has 82 valence electrons. The highest BCUT2D eigenvalue weighted by molar-refractivity contribution is 6.27. The number of halogens is 1. The topological polar surface area (TPSA) is 23.5 Å². The summed E-state index contributed by atoms with van der Waals surface area (Å²) in [5, 5.41) is 12.0. The number of anilines is 1. The fraction of sp³-hybridized carbons (Fsp3) is 0.231. The van der Waals surface area contributed by atoms with E-state index in [-0.39, 0.29) is 0 Å². The molecular formula is C13H12ClNO. The fourth-order valence-corrected chi connectivity index (χ4v) is 2.86. The van der Waals surface area contributed by atoms with E-state index in [9.17, 15) is 5.11 Å². The lowest BCUT2D eigenvalue weighted by Gasteiger charge is -2.11. The van der Waals surface area contributed by atoms with Crippen LogP contribution in [-0.2, 0) is 0 Å². The van der Waals surface area contributed by atoms with E-state index in [0.29, 0.717) is 11.7 Å². The first-order chi connectivity index (χ1) is 7.68. The Morgan fingerprint density at radius 1 is 1.31 bits per heavy atom. The number of rotatable bonds is 0. The van der Waals surface area contributed by atoms with Crippen LogP contribution in [0.25, 0.3) is 10.8 Å². The maximum atomic E-state index is 9.95. The number of nitrogens with zero attached hydrogens (tertiary/aromatic N) is 1. The van der Waals surface area contributed by atoms with Gasteiger partial charge in [0, 0.05) is 35.7 Å². The average molecular weight is 234 g/mol. The second-order valence-corrected chi connectivity index (χ2v) is 4.73. The van der Waals surface area contributed by atoms with Gasteiger partial charge in [-0.2, -0.15) is 0 Å². The Morgan fingerprint density at radius 2 is 2.00 bits per heavy atom. The highest BCUT2D eigenvalue weighted by Gasteiger charge is 2.27. The van der Waals surface area contributed by atoms with E-state index in [1.165, 1.54) is 5.56 Å². The SMILES string of the molecule is C[C@@H]1CN(Cl)c2cc(O)c3ccccc3c21. The Hall–Kier alpha value is -1.41. The number of benzene rings is 2. The predicted molar refractivity (Wildman–Crippen MR) is 67.2 cm³/mol. The second kappa shape index (κ2) is 3.29. The first kappa shape index (κ1) is 9.79. The number of hydrogen-bond donors (Lipinski definition) is 1. The minimum Gasteiger partial charge on any atom is -0.507 e. The van der Waals surface area contributed by atoms with Crippen LogP contribution in [-0.4, -0.2) is 11.7 Å². The molecule has 0 fully saturated rings. The maximum Gasteiger partial charge on any atom is 0.125 e. The van der Waals surface area contributed by atoms with Crippen molar-refractivity contribution < 1.29 is 5.11 Å². The molecule has 3 heteroatoms. The third kappa shape index (κ3) is 1.20. The van der Waals surface area contributed by atoms with E-state index in [4.69, 9.17) is 11.8 Å². The molecule has 1 atom stereocenters. The summed E-state index contributed by atoms with van der Waals surface area (Å²) in [7, 11) is 0. The summed E-state index contributed by atoms with van der Waals surface area (Å²) in [6.45, 7) is 2.95. The summed E-state index contributed by atoms with van der Waals surface area (Å²) in [5.41, 5.74) is 2.17. The van der Waals surface area contributed by atoms with Crippen molar-refractivity contribution in [3.63, 3.8) is 0 Å². The molecule has 2 aromatic carbocycles. The summed E-state index contributed by atoms with van der Waals surface area (Å²) in [6.07, 6.45) is 0. The van der Waals surface area contributed by atoms with Gasteiger partial charge < -0.3 is 5.11 Å². The van der Waals surface area contributed by atoms with Gasteiger partial charge in [-0.25, -0.2) is 0 Å². The molecule has 3 rings (SSSR count). The Labute approximate surface area is 99.2 Å². The Balaban J connectivity index is 2.44. The van der Waals surface area contributed by atoms with Gasteiger partial charge in [0.1, 0.15) is 5.75 Å². The standard InChI is InChI=1S/C13H12ClNO/c1-8-7-15(14)11-6-12(16)9-4-2-3-5-10(9)13(8)11/h2-6,8,16H,7H2,1H3/t8-/m1/s1. The molecule has 0 radical (unpaired) electrons. The van der Waals surface area contributed by atoms with Gasteiger partial charge in [-0.05, 0) is 10.9 Å². The minimum atomic E-state index is 0.300. The highest BCUT2D eigenvalue weighted by atomic mass is 35.5. The molecule has 0 amide bonds. The van der Waals surface area contributed by atoms with Crippen molar-refractivity contribution >= 4 is 28.2 Å². The van der Waals surface area contributed by atoms with E-state index >= 15 is 0 Å². The molecule has 1 aliphatic heterocycles. The number of aromatic hydroxyl groups is 1. The first-order valence-electron chi connectivity index (χ1n) is 5.36. The van der Waals surface area contributed by atoms with Gasteiger partial charge >= 0.3 is 0 Å². The van der Waals surface area contributed by atoms with Crippen LogP contribution in [0.2, 0.25) is 0 Å². The van der Waals surface area contributed by atoms with Gasteiger partial charge in [-0.3, -0.25) is 4.42 Å². The Morgan fingerprint density at radius 3 is 2.75 bits per heavy atom. The number of phenols is 1. The molecule has 16 heavy (non-hydrogen) atoms. The number of hydrogen-bond acceptors (Lipinski definition) is 2. The van der Waals surface area contributed by atoms with Crippen LogP contribution >= 0.6 is 11.8 Å². The van der Waals surface area contributed by atoms with Gasteiger partial charge in [0.05, 0.1) is 5.69 Å². The first-order valence-corrected chi connectivity index (χ1v) is 5.70. The molecule has 1 heterocycles. The van der Waals surface area contributed by atoms with Gasteiger partial charge in [-0.15, -0.1) is 0 Å². The summed E-state index contributed by atoms with van der Waals surface area (Å²) in [6, 6.07) is 9.67. The lowest BCUT2D eigenvalue weighted by Crippen LogP contribution is -2.06. The van der Waals surface area contributed by atoms with Crippen molar-refractivity contribution in [3.05, 3.63) is 35.9 Å². The molecule has 2 nitrogen and oxygen atoms in total. The molecular weight excluding hydrogens is 222 g/mol. The zero-order valence-corrected chi connectivity index (χ0v) is 9.70. The largest absolute Gasteiger partial charge is 0.507 e. The number of fused-ring (bicyclic) bond motifs is 3. The van der Waals surface area contributed by atoms with Crippen LogP contribution in [0.4, 0.5) is 5.69 Å². The summed E-state index contributed by atoms with van der Waals surface area (Å²) >= 11 is 6.13. The van der Waals surface area contributed by atoms with Gasteiger partial charge in [0.25, 0.3) is 0 Å². The highest BCUT2D eigenvalue weighted by Crippen LogP contribution is 2.44. The van der Waals surface area contributed by atoms with Crippen LogP contribution in [0.5, 0.6) is 5.75 Å². The molecule has 0 saturated heterocycles. The van der Waals surface area contributed by atoms with E-state index in [1.54, 1.807) is 10.5 Å². The van der Waals surface area contributed by atoms with E-state index in [2.05, 4.69) is 6.92 Å². The smallest absolute Gasteiger partial charge is 0.125 e. The average Bonchev–Trinajstić information content (AvgIpc) is 2.55. The zero-order valence-electron chi connectivity index (χ0n) is 8.94. The molecule has 1 N–H and O–H groups in total. The summed E-state index contributed by atoms with van der Waals surface area (Å²) in [5.74, 6) is 0.701. The van der Waals surface area contributed by atoms with Crippen molar-refractivity contribution in [2.45, 2.75) is 12.8 Å². The van der Waals surface area contributed by atoms with Crippen molar-refractivity contribution in [1.82, 2.24) is 0 Å². The Bertz CT molecular complexity index is 567. The molecule has 0 aliphatic carbocycles. The third-order valence-corrected chi connectivity index (χ3v) is 3.55. The molecule has 0 spiro atoms. The van der Waals surface area contributed by atoms with Crippen LogP contribution in [0.1, 0.15) is 18.4 Å². The van der Waals surface area contributed by atoms with Crippen LogP contribution in [0.3, 0.4) is 0 Å². The van der Waals surface area contributed by atoms with Crippen LogP contribution in [0.15, 0.2) is 30.3 Å². The summed E-state index contributed by atoms with van der Waals surface area (Å²) in [4.78, 5) is 0. The van der Waals surface area contributed by atoms with Crippen molar-refractivity contribution in [2.24, 2.45) is 0 Å². The van der Waals surface area contributed by atoms with Gasteiger partial charge in [0.2, 0.25) is 0 Å². The normalized spacial score (nSPS) is 19.1. The quantitative estimate of drug-likeness (QED) is 0.703. The van der Waals surface area contributed by atoms with E-state index in [1.807, 2.05) is 24.3 Å². The van der Waals surface area contributed by atoms with Gasteiger partial charge in [-0.1, -0.05) is 31.2 Å². The van der Waals surface area contributed by atoms with Crippen LogP contribution < -0.4 is 4.42 Å². The lowest BCUT2D eigenvalue weighted by atomic mass is 9.96. The predicted octanol–water partition coefficient (Wildman–Crippen LogP) is 3.62. The maximum absolute atomic E-state index is 9.95. The van der Waals surface area contributed by atoms with E-state index < -0.39 is 0 Å². The van der Waals surface area contributed by atoms with Crippen molar-refractivity contribution in [3.8, 4) is 5.75 Å². The monoisotopic (exact) mass is 233 g/mol. The fourth-order valence-electron chi connectivity index (χ4n) is 2.51. The Kier molecular flexibility index (Phi) is 2.01. The zero-order chi connectivity index (χ0) is 11.3. The summed E-state index contributed by atoms with van der Waals surface area (Å²) < 4.78 is 1.69. The molecule has 0 bridgehead atoms. The molecule has 0 aromatic heterocycles. The third-order valence-electron chi connectivity index (χ3n) is 3.23. The minimum absolute atomic E-state index is 0.300. The molecule has 0 saturated carbocycles. The molecule has 2 aromatic rings.